The molecule has 1 aliphatic heterocycles. The van der Waals surface area contributed by atoms with Crippen molar-refractivity contribution in [2.45, 2.75) is 44.6 Å². The quantitative estimate of drug-likeness (QED) is 0.855. The second-order valence-corrected chi connectivity index (χ2v) is 7.32. The Morgan fingerprint density at radius 2 is 1.57 bits per heavy atom. The molecule has 2 aromatic rings. The van der Waals surface area contributed by atoms with Crippen molar-refractivity contribution in [1.82, 2.24) is 10.2 Å². The van der Waals surface area contributed by atoms with E-state index in [4.69, 9.17) is 23.2 Å². The average molecular weight is 351 g/mol. The number of hydrogen-bond acceptors (Lipinski definition) is 4. The molecule has 1 N–H and O–H groups in total. The predicted molar refractivity (Wildman–Crippen MR) is 96.9 cm³/mol. The molecule has 0 amide bonds. The molecule has 1 aromatic heterocycles. The summed E-state index contributed by atoms with van der Waals surface area (Å²) in [5.74, 6) is 1.75. The van der Waals surface area contributed by atoms with Gasteiger partial charge in [0.05, 0.1) is 10.0 Å². The van der Waals surface area contributed by atoms with Gasteiger partial charge in [-0.2, -0.15) is 0 Å². The van der Waals surface area contributed by atoms with Crippen LogP contribution in [0, 0.1) is 0 Å². The number of nitrogens with zero attached hydrogens (tertiary/aromatic N) is 3. The lowest BCUT2D eigenvalue weighted by Gasteiger charge is -2.20. The van der Waals surface area contributed by atoms with Crippen LogP contribution in [-0.4, -0.2) is 29.3 Å². The van der Waals surface area contributed by atoms with Crippen molar-refractivity contribution in [3.63, 3.8) is 0 Å². The van der Waals surface area contributed by atoms with Crippen molar-refractivity contribution < 1.29 is 0 Å². The van der Waals surface area contributed by atoms with Crippen LogP contribution in [0.25, 0.3) is 10.8 Å². The third kappa shape index (κ3) is 2.94. The normalized spacial score (nSPS) is 19.0. The molecular formula is C17H20Cl2N4. The largest absolute Gasteiger partial charge is 0.365 e. The van der Waals surface area contributed by atoms with Gasteiger partial charge in [0.1, 0.15) is 0 Å². The average Bonchev–Trinajstić information content (AvgIpc) is 3.22. The second kappa shape index (κ2) is 6.33. The molecule has 0 atom stereocenters. The molecule has 2 fully saturated rings. The van der Waals surface area contributed by atoms with Crippen LogP contribution in [0.3, 0.4) is 0 Å². The van der Waals surface area contributed by atoms with E-state index in [1.807, 2.05) is 12.1 Å². The van der Waals surface area contributed by atoms with E-state index in [1.54, 1.807) is 0 Å². The van der Waals surface area contributed by atoms with Gasteiger partial charge in [-0.3, -0.25) is 0 Å². The van der Waals surface area contributed by atoms with E-state index in [2.05, 4.69) is 20.4 Å². The summed E-state index contributed by atoms with van der Waals surface area (Å²) in [7, 11) is 0. The van der Waals surface area contributed by atoms with Gasteiger partial charge in [-0.05, 0) is 37.8 Å². The highest BCUT2D eigenvalue weighted by Crippen LogP contribution is 2.36. The zero-order valence-electron chi connectivity index (χ0n) is 13.0. The summed E-state index contributed by atoms with van der Waals surface area (Å²) in [5.41, 5.74) is 0. The minimum absolute atomic E-state index is 0.486. The van der Waals surface area contributed by atoms with Crippen molar-refractivity contribution >= 4 is 45.6 Å². The van der Waals surface area contributed by atoms with Gasteiger partial charge >= 0.3 is 0 Å². The maximum absolute atomic E-state index is 6.27. The third-order valence-electron chi connectivity index (χ3n) is 4.90. The number of hydrogen-bond donors (Lipinski definition) is 1. The summed E-state index contributed by atoms with van der Waals surface area (Å²) in [6.45, 7) is 2.05. The van der Waals surface area contributed by atoms with Gasteiger partial charge in [0.15, 0.2) is 11.6 Å². The summed E-state index contributed by atoms with van der Waals surface area (Å²) >= 11 is 12.5. The zero-order chi connectivity index (χ0) is 15.8. The highest BCUT2D eigenvalue weighted by atomic mass is 35.5. The molecule has 4 rings (SSSR count). The van der Waals surface area contributed by atoms with E-state index < -0.39 is 0 Å². The molecule has 23 heavy (non-hydrogen) atoms. The van der Waals surface area contributed by atoms with Gasteiger partial charge in [-0.1, -0.05) is 36.0 Å². The Bertz CT molecular complexity index is 722. The van der Waals surface area contributed by atoms with E-state index >= 15 is 0 Å². The van der Waals surface area contributed by atoms with Crippen LogP contribution >= 0.6 is 23.2 Å². The number of nitrogens with one attached hydrogen (secondary N) is 1. The number of benzene rings is 1. The minimum atomic E-state index is 0.486. The number of fused-ring (bicyclic) bond motifs is 1. The van der Waals surface area contributed by atoms with Gasteiger partial charge in [0.25, 0.3) is 0 Å². The molecule has 1 saturated heterocycles. The highest BCUT2D eigenvalue weighted by Gasteiger charge is 2.22. The van der Waals surface area contributed by atoms with Gasteiger partial charge in [-0.25, -0.2) is 0 Å². The summed E-state index contributed by atoms with van der Waals surface area (Å²) in [4.78, 5) is 2.29. The summed E-state index contributed by atoms with van der Waals surface area (Å²) in [5, 5.41) is 15.7. The molecule has 4 nitrogen and oxygen atoms in total. The summed E-state index contributed by atoms with van der Waals surface area (Å²) in [6, 6.07) is 4.34. The number of anilines is 2. The molecule has 1 aliphatic carbocycles. The Hall–Kier alpha value is -1.26. The fourth-order valence-corrected chi connectivity index (χ4v) is 3.99. The van der Waals surface area contributed by atoms with E-state index in [1.165, 1.54) is 38.5 Å². The van der Waals surface area contributed by atoms with E-state index in [0.29, 0.717) is 16.1 Å². The van der Waals surface area contributed by atoms with Crippen LogP contribution in [-0.2, 0) is 0 Å². The molecule has 2 heterocycles. The first-order chi connectivity index (χ1) is 11.2. The molecule has 1 saturated carbocycles. The van der Waals surface area contributed by atoms with Crippen LogP contribution < -0.4 is 10.2 Å². The summed E-state index contributed by atoms with van der Waals surface area (Å²) < 4.78 is 0. The zero-order valence-corrected chi connectivity index (χ0v) is 14.5. The number of rotatable bonds is 3. The Morgan fingerprint density at radius 1 is 0.913 bits per heavy atom. The van der Waals surface area contributed by atoms with E-state index in [0.717, 1.165) is 35.5 Å². The predicted octanol–water partition coefficient (Wildman–Crippen LogP) is 4.89. The molecule has 6 heteroatoms. The van der Waals surface area contributed by atoms with Crippen LogP contribution in [0.15, 0.2) is 12.1 Å². The lowest BCUT2D eigenvalue weighted by molar-refractivity contribution is 0.747. The van der Waals surface area contributed by atoms with Crippen molar-refractivity contribution in [1.29, 1.82) is 0 Å². The smallest absolute Gasteiger partial charge is 0.159 e. The molecule has 2 aliphatic rings. The van der Waals surface area contributed by atoms with Gasteiger partial charge in [0.2, 0.25) is 0 Å². The Morgan fingerprint density at radius 3 is 2.26 bits per heavy atom. The van der Waals surface area contributed by atoms with Gasteiger partial charge in [-0.15, -0.1) is 10.2 Å². The first kappa shape index (κ1) is 15.3. The standard InChI is InChI=1S/C17H20Cl2N4/c18-14-9-12-13(10-15(14)19)17(23-7-3-4-8-23)22-21-16(12)20-11-5-1-2-6-11/h9-11H,1-8H2,(H,20,21). The maximum atomic E-state index is 6.27. The first-order valence-electron chi connectivity index (χ1n) is 8.39. The van der Waals surface area contributed by atoms with Crippen molar-refractivity contribution in [3.8, 4) is 0 Å². The maximum Gasteiger partial charge on any atom is 0.159 e. The summed E-state index contributed by atoms with van der Waals surface area (Å²) in [6.07, 6.45) is 7.35. The highest BCUT2D eigenvalue weighted by molar-refractivity contribution is 6.43. The van der Waals surface area contributed by atoms with Gasteiger partial charge < -0.3 is 10.2 Å². The molecule has 0 bridgehead atoms. The Kier molecular flexibility index (Phi) is 4.20. The second-order valence-electron chi connectivity index (χ2n) is 6.50. The molecule has 0 spiro atoms. The Labute approximate surface area is 146 Å². The fraction of sp³-hybridized carbons (Fsp3) is 0.529. The van der Waals surface area contributed by atoms with Crippen molar-refractivity contribution in [3.05, 3.63) is 22.2 Å². The molecule has 1 aromatic carbocycles. The minimum Gasteiger partial charge on any atom is -0.365 e. The lowest BCUT2D eigenvalue weighted by Crippen LogP contribution is -2.21. The number of aromatic nitrogens is 2. The number of halogens is 2. The van der Waals surface area contributed by atoms with E-state index in [9.17, 15) is 0 Å². The lowest BCUT2D eigenvalue weighted by atomic mass is 10.1. The molecular weight excluding hydrogens is 331 g/mol. The Balaban J connectivity index is 1.80. The van der Waals surface area contributed by atoms with E-state index in [-0.39, 0.29) is 0 Å². The van der Waals surface area contributed by atoms with Crippen molar-refractivity contribution in [2.24, 2.45) is 0 Å². The van der Waals surface area contributed by atoms with Crippen LogP contribution in [0.1, 0.15) is 38.5 Å². The topological polar surface area (TPSA) is 41.1 Å². The first-order valence-corrected chi connectivity index (χ1v) is 9.15. The van der Waals surface area contributed by atoms with Crippen molar-refractivity contribution in [2.75, 3.05) is 23.3 Å². The monoisotopic (exact) mass is 350 g/mol. The van der Waals surface area contributed by atoms with Crippen LogP contribution in [0.4, 0.5) is 11.6 Å². The van der Waals surface area contributed by atoms with Crippen LogP contribution in [0.2, 0.25) is 10.0 Å². The SMILES string of the molecule is Clc1cc2c(NC3CCCC3)nnc(N3CCCC3)c2cc1Cl. The fourth-order valence-electron chi connectivity index (χ4n) is 3.67. The molecule has 122 valence electrons. The van der Waals surface area contributed by atoms with Gasteiger partial charge in [0, 0.05) is 29.9 Å². The third-order valence-corrected chi connectivity index (χ3v) is 5.62. The van der Waals surface area contributed by atoms with Crippen LogP contribution in [0.5, 0.6) is 0 Å². The molecule has 0 unspecified atom stereocenters. The molecule has 0 radical (unpaired) electrons.